The molecule has 1 atom stereocenters. The van der Waals surface area contributed by atoms with Crippen molar-refractivity contribution in [2.24, 2.45) is 11.7 Å². The molecule has 0 saturated carbocycles. The fraction of sp³-hybridized carbons (Fsp3) is 0.286. The third-order valence-electron chi connectivity index (χ3n) is 2.98. The number of hydrogen-bond acceptors (Lipinski definition) is 3. The number of nitrogens with one attached hydrogen (secondary N) is 2. The average molecular weight is 258 g/mol. The summed E-state index contributed by atoms with van der Waals surface area (Å²) in [5.74, 6) is -0.0476. The fourth-order valence-corrected chi connectivity index (χ4v) is 1.68. The smallest absolute Gasteiger partial charge is 0.241 e. The highest BCUT2D eigenvalue weighted by Gasteiger charge is 2.16. The van der Waals surface area contributed by atoms with Gasteiger partial charge in [-0.25, -0.2) is 4.98 Å². The Morgan fingerprint density at radius 1 is 1.32 bits per heavy atom. The first kappa shape index (κ1) is 13.3. The number of aromatic amines is 1. The van der Waals surface area contributed by atoms with Crippen LogP contribution in [0.2, 0.25) is 0 Å². The van der Waals surface area contributed by atoms with E-state index in [-0.39, 0.29) is 11.8 Å². The molecule has 19 heavy (non-hydrogen) atoms. The summed E-state index contributed by atoms with van der Waals surface area (Å²) in [6, 6.07) is 7.04. The normalized spacial score (nSPS) is 12.4. The summed E-state index contributed by atoms with van der Waals surface area (Å²) in [5.41, 5.74) is 8.49. The summed E-state index contributed by atoms with van der Waals surface area (Å²) in [7, 11) is 0. The van der Waals surface area contributed by atoms with E-state index in [1.807, 2.05) is 38.1 Å². The van der Waals surface area contributed by atoms with Crippen LogP contribution in [0.1, 0.15) is 13.8 Å². The largest absolute Gasteiger partial charge is 0.345 e. The van der Waals surface area contributed by atoms with E-state index in [0.717, 1.165) is 16.9 Å². The average Bonchev–Trinajstić information content (AvgIpc) is 2.92. The summed E-state index contributed by atoms with van der Waals surface area (Å²) in [6.45, 7) is 3.84. The molecule has 0 aliphatic carbocycles. The highest BCUT2D eigenvalue weighted by Crippen LogP contribution is 2.18. The number of anilines is 1. The van der Waals surface area contributed by atoms with E-state index in [0.29, 0.717) is 0 Å². The predicted octanol–water partition coefficient (Wildman–Crippen LogP) is 2.00. The third kappa shape index (κ3) is 3.20. The van der Waals surface area contributed by atoms with E-state index in [4.69, 9.17) is 5.73 Å². The number of carbonyl (C=O) groups is 1. The van der Waals surface area contributed by atoms with Crippen LogP contribution in [0.15, 0.2) is 36.8 Å². The van der Waals surface area contributed by atoms with Gasteiger partial charge in [-0.15, -0.1) is 0 Å². The second-order valence-corrected chi connectivity index (χ2v) is 4.80. The third-order valence-corrected chi connectivity index (χ3v) is 2.98. The molecule has 100 valence electrons. The number of H-pyrrole nitrogens is 1. The number of aromatic nitrogens is 2. The molecule has 0 bridgehead atoms. The summed E-state index contributed by atoms with van der Waals surface area (Å²) >= 11 is 0. The molecule has 1 aromatic heterocycles. The van der Waals surface area contributed by atoms with Gasteiger partial charge >= 0.3 is 0 Å². The molecule has 0 fully saturated rings. The topological polar surface area (TPSA) is 83.8 Å². The molecule has 2 rings (SSSR count). The Morgan fingerprint density at radius 3 is 2.53 bits per heavy atom. The van der Waals surface area contributed by atoms with Crippen LogP contribution < -0.4 is 11.1 Å². The lowest BCUT2D eigenvalue weighted by atomic mass is 10.0. The molecule has 0 aliphatic rings. The number of nitrogens with zero attached hydrogens (tertiary/aromatic N) is 1. The zero-order chi connectivity index (χ0) is 13.8. The maximum Gasteiger partial charge on any atom is 0.241 e. The lowest BCUT2D eigenvalue weighted by Crippen LogP contribution is -2.39. The van der Waals surface area contributed by atoms with Gasteiger partial charge in [0.25, 0.3) is 0 Å². The zero-order valence-electron chi connectivity index (χ0n) is 11.1. The molecule has 5 heteroatoms. The number of benzene rings is 1. The summed E-state index contributed by atoms with van der Waals surface area (Å²) in [4.78, 5) is 18.8. The van der Waals surface area contributed by atoms with Crippen LogP contribution in [0.4, 0.5) is 5.69 Å². The molecule has 0 spiro atoms. The van der Waals surface area contributed by atoms with Crippen LogP contribution in [0.3, 0.4) is 0 Å². The van der Waals surface area contributed by atoms with E-state index >= 15 is 0 Å². The monoisotopic (exact) mass is 258 g/mol. The van der Waals surface area contributed by atoms with Crippen molar-refractivity contribution in [1.82, 2.24) is 9.97 Å². The fourth-order valence-electron chi connectivity index (χ4n) is 1.68. The second-order valence-electron chi connectivity index (χ2n) is 4.80. The number of hydrogen-bond donors (Lipinski definition) is 3. The minimum absolute atomic E-state index is 0.115. The molecule has 0 radical (unpaired) electrons. The van der Waals surface area contributed by atoms with Gasteiger partial charge in [0.2, 0.25) is 5.91 Å². The van der Waals surface area contributed by atoms with Crippen molar-refractivity contribution >= 4 is 11.6 Å². The Hall–Kier alpha value is -2.14. The van der Waals surface area contributed by atoms with Crippen molar-refractivity contribution < 1.29 is 4.79 Å². The van der Waals surface area contributed by atoms with Crippen LogP contribution in [0.5, 0.6) is 0 Å². The molecule has 1 amide bonds. The number of nitrogens with two attached hydrogens (primary N) is 1. The maximum absolute atomic E-state index is 11.8. The van der Waals surface area contributed by atoms with E-state index in [2.05, 4.69) is 15.3 Å². The number of rotatable bonds is 4. The van der Waals surface area contributed by atoms with Crippen molar-refractivity contribution in [3.63, 3.8) is 0 Å². The van der Waals surface area contributed by atoms with Crippen molar-refractivity contribution in [3.05, 3.63) is 36.8 Å². The minimum Gasteiger partial charge on any atom is -0.345 e. The first-order valence-corrected chi connectivity index (χ1v) is 6.23. The predicted molar refractivity (Wildman–Crippen MR) is 75.5 cm³/mol. The molecule has 0 aliphatic heterocycles. The lowest BCUT2D eigenvalue weighted by Gasteiger charge is -2.15. The second kappa shape index (κ2) is 5.67. The Balaban J connectivity index is 2.05. The number of carbonyl (C=O) groups excluding carboxylic acids is 1. The Labute approximate surface area is 112 Å². The van der Waals surface area contributed by atoms with Gasteiger partial charge in [0.1, 0.15) is 0 Å². The molecule has 0 unspecified atom stereocenters. The SMILES string of the molecule is CC(C)[C@@H](N)C(=O)Nc1ccc(-c2cnc[nH]2)cc1. The van der Waals surface area contributed by atoms with Crippen LogP contribution in [-0.2, 0) is 4.79 Å². The van der Waals surface area contributed by atoms with Crippen LogP contribution in [0.25, 0.3) is 11.3 Å². The van der Waals surface area contributed by atoms with Crippen LogP contribution in [0, 0.1) is 5.92 Å². The Morgan fingerprint density at radius 2 is 2.00 bits per heavy atom. The minimum atomic E-state index is -0.493. The van der Waals surface area contributed by atoms with Crippen molar-refractivity contribution in [2.45, 2.75) is 19.9 Å². The van der Waals surface area contributed by atoms with E-state index < -0.39 is 6.04 Å². The van der Waals surface area contributed by atoms with Gasteiger partial charge in [0.15, 0.2) is 0 Å². The van der Waals surface area contributed by atoms with Gasteiger partial charge in [0, 0.05) is 5.69 Å². The Kier molecular flexibility index (Phi) is 3.97. The van der Waals surface area contributed by atoms with Crippen molar-refractivity contribution in [1.29, 1.82) is 0 Å². The molecule has 0 saturated heterocycles. The van der Waals surface area contributed by atoms with Gasteiger partial charge in [-0.3, -0.25) is 4.79 Å². The summed E-state index contributed by atoms with van der Waals surface area (Å²) in [5, 5.41) is 2.81. The number of amides is 1. The summed E-state index contributed by atoms with van der Waals surface area (Å²) < 4.78 is 0. The van der Waals surface area contributed by atoms with Crippen molar-refractivity contribution in [3.8, 4) is 11.3 Å². The van der Waals surface area contributed by atoms with E-state index in [1.165, 1.54) is 0 Å². The lowest BCUT2D eigenvalue weighted by molar-refractivity contribution is -0.118. The van der Waals surface area contributed by atoms with Gasteiger partial charge in [-0.2, -0.15) is 0 Å². The number of imidazole rings is 1. The first-order valence-electron chi connectivity index (χ1n) is 6.23. The zero-order valence-corrected chi connectivity index (χ0v) is 11.1. The van der Waals surface area contributed by atoms with E-state index in [1.54, 1.807) is 12.5 Å². The van der Waals surface area contributed by atoms with E-state index in [9.17, 15) is 4.79 Å². The molecule has 2 aromatic rings. The summed E-state index contributed by atoms with van der Waals surface area (Å²) in [6.07, 6.45) is 3.38. The van der Waals surface area contributed by atoms with Gasteiger partial charge in [0.05, 0.1) is 24.3 Å². The standard InChI is InChI=1S/C14H18N4O/c1-9(2)13(15)14(19)18-11-5-3-10(4-6-11)12-7-16-8-17-12/h3-9,13H,15H2,1-2H3,(H,16,17)(H,18,19)/t13-/m1/s1. The Bertz CT molecular complexity index is 531. The maximum atomic E-state index is 11.8. The first-order chi connectivity index (χ1) is 9.08. The molecule has 1 heterocycles. The molecule has 4 N–H and O–H groups in total. The quantitative estimate of drug-likeness (QED) is 0.784. The molecule has 5 nitrogen and oxygen atoms in total. The highest BCUT2D eigenvalue weighted by atomic mass is 16.2. The van der Waals surface area contributed by atoms with Crippen molar-refractivity contribution in [2.75, 3.05) is 5.32 Å². The van der Waals surface area contributed by atoms with Gasteiger partial charge < -0.3 is 16.0 Å². The molecule has 1 aromatic carbocycles. The van der Waals surface area contributed by atoms with Crippen LogP contribution >= 0.6 is 0 Å². The molecular formula is C14H18N4O. The highest BCUT2D eigenvalue weighted by molar-refractivity contribution is 5.95. The van der Waals surface area contributed by atoms with Gasteiger partial charge in [-0.05, 0) is 23.6 Å². The molecular weight excluding hydrogens is 240 g/mol. The van der Waals surface area contributed by atoms with Crippen LogP contribution in [-0.4, -0.2) is 21.9 Å². The van der Waals surface area contributed by atoms with Gasteiger partial charge in [-0.1, -0.05) is 26.0 Å².